The molecule has 128 valence electrons. The number of rotatable bonds is 5. The second-order valence-corrected chi connectivity index (χ2v) is 7.12. The summed E-state index contributed by atoms with van der Waals surface area (Å²) in [6, 6.07) is 7.88. The van der Waals surface area contributed by atoms with Gasteiger partial charge in [-0.1, -0.05) is 6.07 Å². The Morgan fingerprint density at radius 1 is 1.04 bits per heavy atom. The second kappa shape index (κ2) is 7.11. The van der Waals surface area contributed by atoms with Crippen molar-refractivity contribution in [1.82, 2.24) is 9.80 Å². The van der Waals surface area contributed by atoms with Crippen molar-refractivity contribution in [2.75, 3.05) is 39.5 Å². The topological polar surface area (TPSA) is 45.2 Å². The van der Waals surface area contributed by atoms with Gasteiger partial charge in [0.15, 0.2) is 11.5 Å². The number of piperazine rings is 1. The van der Waals surface area contributed by atoms with Crippen LogP contribution in [0.1, 0.15) is 17.2 Å². The van der Waals surface area contributed by atoms with E-state index in [1.807, 2.05) is 18.2 Å². The summed E-state index contributed by atoms with van der Waals surface area (Å²) in [5.74, 6) is 1.49. The van der Waals surface area contributed by atoms with Crippen molar-refractivity contribution in [3.63, 3.8) is 0 Å². The van der Waals surface area contributed by atoms with E-state index in [0.29, 0.717) is 6.54 Å². The van der Waals surface area contributed by atoms with Crippen LogP contribution in [0.3, 0.4) is 0 Å². The van der Waals surface area contributed by atoms with Crippen LogP contribution >= 0.6 is 11.3 Å². The molecule has 0 amide bonds. The lowest BCUT2D eigenvalue weighted by Crippen LogP contribution is -2.47. The predicted molar refractivity (Wildman–Crippen MR) is 93.6 cm³/mol. The Hall–Kier alpha value is -1.60. The van der Waals surface area contributed by atoms with Crippen LogP contribution < -0.4 is 9.47 Å². The molecule has 1 fully saturated rings. The Morgan fingerprint density at radius 3 is 2.62 bits per heavy atom. The first-order valence-corrected chi connectivity index (χ1v) is 9.25. The minimum atomic E-state index is -0.497. The summed E-state index contributed by atoms with van der Waals surface area (Å²) in [5, 5.41) is 14.9. The van der Waals surface area contributed by atoms with E-state index >= 15 is 0 Å². The largest absolute Gasteiger partial charge is 0.454 e. The summed E-state index contributed by atoms with van der Waals surface area (Å²) < 4.78 is 10.7. The first-order chi connectivity index (χ1) is 11.8. The van der Waals surface area contributed by atoms with E-state index in [1.54, 1.807) is 11.3 Å². The number of thiophene rings is 1. The first kappa shape index (κ1) is 15.9. The molecule has 0 aliphatic carbocycles. The zero-order valence-electron chi connectivity index (χ0n) is 13.6. The van der Waals surface area contributed by atoms with Crippen molar-refractivity contribution in [1.29, 1.82) is 0 Å². The summed E-state index contributed by atoms with van der Waals surface area (Å²) in [6.07, 6.45) is -0.497. The summed E-state index contributed by atoms with van der Waals surface area (Å²) >= 11 is 1.75. The van der Waals surface area contributed by atoms with E-state index in [2.05, 4.69) is 26.6 Å². The van der Waals surface area contributed by atoms with Gasteiger partial charge in [0.2, 0.25) is 6.79 Å². The molecule has 2 aliphatic heterocycles. The molecule has 0 saturated carbocycles. The van der Waals surface area contributed by atoms with Crippen LogP contribution in [0, 0.1) is 0 Å². The summed E-state index contributed by atoms with van der Waals surface area (Å²) in [4.78, 5) is 4.81. The van der Waals surface area contributed by atoms with Crippen LogP contribution in [0.15, 0.2) is 35.0 Å². The smallest absolute Gasteiger partial charge is 0.231 e. The van der Waals surface area contributed by atoms with Crippen LogP contribution in [-0.4, -0.2) is 54.4 Å². The van der Waals surface area contributed by atoms with Gasteiger partial charge in [0.1, 0.15) is 0 Å². The Kier molecular flexibility index (Phi) is 4.71. The normalized spacial score (nSPS) is 19.5. The van der Waals surface area contributed by atoms with Crippen LogP contribution in [0.5, 0.6) is 11.5 Å². The lowest BCUT2D eigenvalue weighted by atomic mass is 10.1. The number of nitrogens with zero attached hydrogens (tertiary/aromatic N) is 2. The monoisotopic (exact) mass is 346 g/mol. The highest BCUT2D eigenvalue weighted by Gasteiger charge is 2.22. The van der Waals surface area contributed by atoms with Crippen LogP contribution in [0.4, 0.5) is 0 Å². The first-order valence-electron chi connectivity index (χ1n) is 8.31. The Labute approximate surface area is 146 Å². The quantitative estimate of drug-likeness (QED) is 0.900. The number of fused-ring (bicyclic) bond motifs is 1. The van der Waals surface area contributed by atoms with Crippen molar-refractivity contribution in [3.8, 4) is 11.5 Å². The van der Waals surface area contributed by atoms with Crippen LogP contribution in [-0.2, 0) is 6.54 Å². The highest BCUT2D eigenvalue weighted by atomic mass is 32.1. The van der Waals surface area contributed by atoms with Gasteiger partial charge in [-0.3, -0.25) is 9.80 Å². The molecule has 2 aromatic rings. The number of ether oxygens (including phenoxy) is 2. The molecule has 4 rings (SSSR count). The molecule has 0 spiro atoms. The van der Waals surface area contributed by atoms with E-state index < -0.39 is 6.10 Å². The molecule has 1 aromatic heterocycles. The second-order valence-electron chi connectivity index (χ2n) is 6.34. The average molecular weight is 346 g/mol. The molecule has 1 aromatic carbocycles. The lowest BCUT2D eigenvalue weighted by molar-refractivity contribution is 0.0700. The van der Waals surface area contributed by atoms with E-state index in [-0.39, 0.29) is 6.79 Å². The Morgan fingerprint density at radius 2 is 1.83 bits per heavy atom. The SMILES string of the molecule is O[C@@H](CN1CCN(Cc2ccsc2)CC1)c1ccc2c(c1)OCO2. The number of hydrogen-bond donors (Lipinski definition) is 1. The molecule has 2 aliphatic rings. The predicted octanol–water partition coefficient (Wildman–Crippen LogP) is 2.33. The van der Waals surface area contributed by atoms with E-state index in [1.165, 1.54) is 5.56 Å². The maximum absolute atomic E-state index is 10.5. The van der Waals surface area contributed by atoms with Crippen molar-refractivity contribution < 1.29 is 14.6 Å². The van der Waals surface area contributed by atoms with Gasteiger partial charge in [0.05, 0.1) is 6.10 Å². The molecule has 24 heavy (non-hydrogen) atoms. The number of β-amino-alcohol motifs (C(OH)–C–C–N with tert-alkyl or cyclic N) is 1. The maximum atomic E-state index is 10.5. The van der Waals surface area contributed by atoms with Crippen molar-refractivity contribution in [2.45, 2.75) is 12.6 Å². The van der Waals surface area contributed by atoms with Gasteiger partial charge in [0, 0.05) is 39.3 Å². The zero-order valence-corrected chi connectivity index (χ0v) is 14.4. The fraction of sp³-hybridized carbons (Fsp3) is 0.444. The van der Waals surface area contributed by atoms with Crippen molar-refractivity contribution in [3.05, 3.63) is 46.2 Å². The molecule has 1 saturated heterocycles. The summed E-state index contributed by atoms with van der Waals surface area (Å²) in [5.41, 5.74) is 2.29. The number of hydrogen-bond acceptors (Lipinski definition) is 6. The van der Waals surface area contributed by atoms with Crippen molar-refractivity contribution in [2.24, 2.45) is 0 Å². The van der Waals surface area contributed by atoms with Gasteiger partial charge in [-0.05, 0) is 40.1 Å². The third kappa shape index (κ3) is 3.57. The number of aliphatic hydroxyl groups excluding tert-OH is 1. The van der Waals surface area contributed by atoms with Crippen molar-refractivity contribution >= 4 is 11.3 Å². The van der Waals surface area contributed by atoms with Gasteiger partial charge >= 0.3 is 0 Å². The minimum Gasteiger partial charge on any atom is -0.454 e. The third-order valence-corrected chi connectivity index (χ3v) is 5.40. The highest BCUT2D eigenvalue weighted by molar-refractivity contribution is 7.07. The molecule has 0 unspecified atom stereocenters. The van der Waals surface area contributed by atoms with E-state index in [4.69, 9.17) is 9.47 Å². The zero-order chi connectivity index (χ0) is 16.4. The molecular weight excluding hydrogens is 324 g/mol. The fourth-order valence-electron chi connectivity index (χ4n) is 3.24. The lowest BCUT2D eigenvalue weighted by Gasteiger charge is -2.35. The molecule has 0 bridgehead atoms. The Balaban J connectivity index is 1.28. The summed E-state index contributed by atoms with van der Waals surface area (Å²) in [6.45, 7) is 6.03. The maximum Gasteiger partial charge on any atom is 0.231 e. The van der Waals surface area contributed by atoms with Gasteiger partial charge in [-0.25, -0.2) is 0 Å². The molecule has 0 radical (unpaired) electrons. The van der Waals surface area contributed by atoms with E-state index in [9.17, 15) is 5.11 Å². The molecule has 5 nitrogen and oxygen atoms in total. The van der Waals surface area contributed by atoms with E-state index in [0.717, 1.165) is 49.8 Å². The standard InChI is InChI=1S/C18H22N2O3S/c21-16(15-1-2-17-18(9-15)23-13-22-17)11-20-6-4-19(5-7-20)10-14-3-8-24-12-14/h1-3,8-9,12,16,21H,4-7,10-11,13H2/t16-/m0/s1. The molecule has 6 heteroatoms. The fourth-order valence-corrected chi connectivity index (χ4v) is 3.90. The van der Waals surface area contributed by atoms with Crippen LogP contribution in [0.2, 0.25) is 0 Å². The Bertz CT molecular complexity index is 669. The number of benzene rings is 1. The van der Waals surface area contributed by atoms with Gasteiger partial charge in [-0.15, -0.1) is 0 Å². The molecule has 3 heterocycles. The average Bonchev–Trinajstić information content (AvgIpc) is 3.27. The minimum absolute atomic E-state index is 0.265. The molecule has 1 atom stereocenters. The molecule has 1 N–H and O–H groups in total. The van der Waals surface area contributed by atoms with Gasteiger partial charge in [0.25, 0.3) is 0 Å². The number of aliphatic hydroxyl groups is 1. The molecular formula is C18H22N2O3S. The van der Waals surface area contributed by atoms with Gasteiger partial charge < -0.3 is 14.6 Å². The van der Waals surface area contributed by atoms with Crippen LogP contribution in [0.25, 0.3) is 0 Å². The summed E-state index contributed by atoms with van der Waals surface area (Å²) in [7, 11) is 0. The third-order valence-electron chi connectivity index (χ3n) is 4.66. The highest BCUT2D eigenvalue weighted by Crippen LogP contribution is 2.34. The van der Waals surface area contributed by atoms with Gasteiger partial charge in [-0.2, -0.15) is 11.3 Å².